The molecule has 158 valence electrons. The third-order valence-electron chi connectivity index (χ3n) is 4.63. The number of rotatable bonds is 5. The monoisotopic (exact) mass is 417 g/mol. The normalized spacial score (nSPS) is 12.5. The number of ether oxygens (including phenoxy) is 1. The molecule has 0 aliphatic rings. The van der Waals surface area contributed by atoms with E-state index in [1.54, 1.807) is 36.3 Å². The van der Waals surface area contributed by atoms with E-state index >= 15 is 0 Å². The number of para-hydroxylation sites is 1. The Morgan fingerprint density at radius 3 is 2.55 bits per heavy atom. The molecule has 1 aromatic carbocycles. The highest BCUT2D eigenvalue weighted by Gasteiger charge is 2.27. The largest absolute Gasteiger partial charge is 0.449 e. The van der Waals surface area contributed by atoms with Crippen LogP contribution in [0.4, 0.5) is 0 Å². The SMILES string of the molecule is C[C@@H](OC(=O)c1cn(-c2ccccc2)nc1-c1cccnc1)c1nc(C(C)(C)C)no1. The predicted molar refractivity (Wildman–Crippen MR) is 114 cm³/mol. The van der Waals surface area contributed by atoms with E-state index in [0.29, 0.717) is 22.6 Å². The van der Waals surface area contributed by atoms with Gasteiger partial charge in [0, 0.05) is 29.6 Å². The van der Waals surface area contributed by atoms with E-state index in [1.165, 1.54) is 0 Å². The molecule has 0 bridgehead atoms. The van der Waals surface area contributed by atoms with Crippen LogP contribution in [-0.4, -0.2) is 30.9 Å². The first-order valence-corrected chi connectivity index (χ1v) is 9.93. The summed E-state index contributed by atoms with van der Waals surface area (Å²) >= 11 is 0. The minimum absolute atomic E-state index is 0.247. The average molecular weight is 417 g/mol. The second-order valence-electron chi connectivity index (χ2n) is 8.17. The number of nitrogens with zero attached hydrogens (tertiary/aromatic N) is 5. The van der Waals surface area contributed by atoms with E-state index in [0.717, 1.165) is 5.69 Å². The van der Waals surface area contributed by atoms with Crippen LogP contribution in [0.25, 0.3) is 16.9 Å². The summed E-state index contributed by atoms with van der Waals surface area (Å²) in [7, 11) is 0. The molecule has 8 heteroatoms. The summed E-state index contributed by atoms with van der Waals surface area (Å²) < 4.78 is 12.6. The third-order valence-corrected chi connectivity index (χ3v) is 4.63. The van der Waals surface area contributed by atoms with E-state index in [4.69, 9.17) is 9.26 Å². The lowest BCUT2D eigenvalue weighted by atomic mass is 9.96. The maximum atomic E-state index is 13.1. The van der Waals surface area contributed by atoms with Crippen molar-refractivity contribution in [3.05, 3.63) is 78.3 Å². The van der Waals surface area contributed by atoms with Gasteiger partial charge < -0.3 is 9.26 Å². The Balaban J connectivity index is 1.65. The van der Waals surface area contributed by atoms with Crippen LogP contribution in [0, 0.1) is 0 Å². The molecule has 0 radical (unpaired) electrons. The molecule has 0 fully saturated rings. The van der Waals surface area contributed by atoms with Gasteiger partial charge in [-0.15, -0.1) is 0 Å². The number of pyridine rings is 1. The average Bonchev–Trinajstić information content (AvgIpc) is 3.43. The van der Waals surface area contributed by atoms with Gasteiger partial charge >= 0.3 is 5.97 Å². The summed E-state index contributed by atoms with van der Waals surface area (Å²) in [5, 5.41) is 8.61. The number of carbonyl (C=O) groups is 1. The number of hydrogen-bond acceptors (Lipinski definition) is 7. The molecule has 3 heterocycles. The fraction of sp³-hybridized carbons (Fsp3) is 0.261. The van der Waals surface area contributed by atoms with E-state index in [1.807, 2.05) is 57.2 Å². The quantitative estimate of drug-likeness (QED) is 0.440. The molecule has 0 amide bonds. The summed E-state index contributed by atoms with van der Waals surface area (Å²) in [4.78, 5) is 21.6. The maximum absolute atomic E-state index is 13.1. The number of aromatic nitrogens is 5. The van der Waals surface area contributed by atoms with Crippen molar-refractivity contribution in [3.63, 3.8) is 0 Å². The van der Waals surface area contributed by atoms with Gasteiger partial charge in [-0.2, -0.15) is 10.1 Å². The van der Waals surface area contributed by atoms with Crippen molar-refractivity contribution in [1.29, 1.82) is 0 Å². The standard InChI is InChI=1S/C23H23N5O3/c1-15(20-25-22(27-31-20)23(2,3)4)30-21(29)18-14-28(17-10-6-5-7-11-17)26-19(18)16-9-8-12-24-13-16/h5-15H,1-4H3/t15-/m1/s1. The van der Waals surface area contributed by atoms with Crippen LogP contribution < -0.4 is 0 Å². The van der Waals surface area contributed by atoms with Crippen molar-refractivity contribution >= 4 is 5.97 Å². The molecular formula is C23H23N5O3. The summed E-state index contributed by atoms with van der Waals surface area (Å²) in [5.74, 6) is 0.263. The smallest absolute Gasteiger partial charge is 0.342 e. The van der Waals surface area contributed by atoms with Crippen molar-refractivity contribution < 1.29 is 14.1 Å². The zero-order valence-corrected chi connectivity index (χ0v) is 17.8. The minimum atomic E-state index is -0.710. The Bertz CT molecular complexity index is 1180. The van der Waals surface area contributed by atoms with Crippen LogP contribution in [0.3, 0.4) is 0 Å². The number of carbonyl (C=O) groups excluding carboxylic acids is 1. The van der Waals surface area contributed by atoms with Crippen molar-refractivity contribution in [2.45, 2.75) is 39.2 Å². The zero-order valence-electron chi connectivity index (χ0n) is 17.8. The second-order valence-corrected chi connectivity index (χ2v) is 8.17. The molecule has 3 aromatic heterocycles. The summed E-state index contributed by atoms with van der Waals surface area (Å²) in [5.41, 5.74) is 2.07. The van der Waals surface area contributed by atoms with Crippen LogP contribution in [0.15, 0.2) is 65.6 Å². The highest BCUT2D eigenvalue weighted by atomic mass is 16.6. The van der Waals surface area contributed by atoms with Crippen molar-refractivity contribution in [2.24, 2.45) is 0 Å². The van der Waals surface area contributed by atoms with Gasteiger partial charge in [0.25, 0.3) is 5.89 Å². The number of benzene rings is 1. The van der Waals surface area contributed by atoms with Crippen molar-refractivity contribution in [1.82, 2.24) is 24.9 Å². The minimum Gasteiger partial charge on any atom is -0.449 e. The molecule has 1 atom stereocenters. The van der Waals surface area contributed by atoms with E-state index in [2.05, 4.69) is 20.2 Å². The first kappa shape index (κ1) is 20.5. The third kappa shape index (κ3) is 4.37. The van der Waals surface area contributed by atoms with Gasteiger partial charge in [0.2, 0.25) is 0 Å². The topological polar surface area (TPSA) is 95.9 Å². The van der Waals surface area contributed by atoms with Gasteiger partial charge in [-0.05, 0) is 31.2 Å². The fourth-order valence-electron chi connectivity index (χ4n) is 2.93. The molecule has 0 N–H and O–H groups in total. The van der Waals surface area contributed by atoms with Gasteiger partial charge in [0.05, 0.1) is 5.69 Å². The number of esters is 1. The molecule has 4 rings (SSSR count). The van der Waals surface area contributed by atoms with Gasteiger partial charge in [0.1, 0.15) is 11.3 Å². The molecule has 0 unspecified atom stereocenters. The summed E-state index contributed by atoms with van der Waals surface area (Å²) in [6.45, 7) is 7.65. The van der Waals surface area contributed by atoms with Gasteiger partial charge in [-0.1, -0.05) is 44.1 Å². The van der Waals surface area contributed by atoms with E-state index in [-0.39, 0.29) is 11.3 Å². The first-order valence-electron chi connectivity index (χ1n) is 9.93. The number of hydrogen-bond donors (Lipinski definition) is 0. The molecule has 31 heavy (non-hydrogen) atoms. The van der Waals surface area contributed by atoms with E-state index in [9.17, 15) is 4.79 Å². The van der Waals surface area contributed by atoms with Crippen LogP contribution in [0.1, 0.15) is 55.9 Å². The molecule has 0 aliphatic heterocycles. The highest BCUT2D eigenvalue weighted by Crippen LogP contribution is 2.27. The van der Waals surface area contributed by atoms with Crippen LogP contribution in [0.5, 0.6) is 0 Å². The fourth-order valence-corrected chi connectivity index (χ4v) is 2.93. The highest BCUT2D eigenvalue weighted by molar-refractivity contribution is 5.96. The molecule has 0 spiro atoms. The second kappa shape index (κ2) is 8.14. The predicted octanol–water partition coefficient (Wildman–Crippen LogP) is 4.53. The molecule has 0 saturated heterocycles. The molecule has 0 aliphatic carbocycles. The van der Waals surface area contributed by atoms with Gasteiger partial charge in [-0.25, -0.2) is 9.48 Å². The van der Waals surface area contributed by atoms with Crippen LogP contribution in [-0.2, 0) is 10.2 Å². The Kier molecular flexibility index (Phi) is 5.37. The van der Waals surface area contributed by atoms with Gasteiger partial charge in [0.15, 0.2) is 11.9 Å². The first-order chi connectivity index (χ1) is 14.8. The lowest BCUT2D eigenvalue weighted by Gasteiger charge is -2.11. The Morgan fingerprint density at radius 2 is 1.90 bits per heavy atom. The lowest BCUT2D eigenvalue weighted by Crippen LogP contribution is -2.14. The summed E-state index contributed by atoms with van der Waals surface area (Å²) in [6, 6.07) is 13.2. The van der Waals surface area contributed by atoms with Crippen molar-refractivity contribution in [2.75, 3.05) is 0 Å². The Hall–Kier alpha value is -3.81. The maximum Gasteiger partial charge on any atom is 0.342 e. The van der Waals surface area contributed by atoms with Gasteiger partial charge in [-0.3, -0.25) is 4.98 Å². The van der Waals surface area contributed by atoms with Crippen LogP contribution in [0.2, 0.25) is 0 Å². The molecule has 0 saturated carbocycles. The Morgan fingerprint density at radius 1 is 1.13 bits per heavy atom. The lowest BCUT2D eigenvalue weighted by molar-refractivity contribution is 0.0266. The zero-order chi connectivity index (χ0) is 22.0. The van der Waals surface area contributed by atoms with Crippen LogP contribution >= 0.6 is 0 Å². The summed E-state index contributed by atoms with van der Waals surface area (Å²) in [6.07, 6.45) is 4.27. The van der Waals surface area contributed by atoms with Crippen molar-refractivity contribution in [3.8, 4) is 16.9 Å². The van der Waals surface area contributed by atoms with E-state index < -0.39 is 12.1 Å². The molecule has 4 aromatic rings. The molecule has 8 nitrogen and oxygen atoms in total. The Labute approximate surface area is 179 Å². The molecular weight excluding hydrogens is 394 g/mol.